The van der Waals surface area contributed by atoms with Gasteiger partial charge in [0.1, 0.15) is 22.0 Å². The number of ether oxygens (including phenoxy) is 2. The minimum atomic E-state index is -4.24. The summed E-state index contributed by atoms with van der Waals surface area (Å²) in [5.74, 6) is -0.781. The van der Waals surface area contributed by atoms with Crippen molar-refractivity contribution in [3.63, 3.8) is 0 Å². The molecule has 4 rings (SSSR count). The molecule has 0 fully saturated rings. The van der Waals surface area contributed by atoms with E-state index in [0.29, 0.717) is 35.1 Å². The number of carbonyl (C=O) groups excluding carboxylic acids is 1. The lowest BCUT2D eigenvalue weighted by Gasteiger charge is -2.26. The van der Waals surface area contributed by atoms with Crippen molar-refractivity contribution < 1.29 is 27.1 Å². The van der Waals surface area contributed by atoms with Crippen molar-refractivity contribution in [3.05, 3.63) is 76.2 Å². The van der Waals surface area contributed by atoms with Crippen LogP contribution >= 0.6 is 11.6 Å². The highest BCUT2D eigenvalue weighted by Crippen LogP contribution is 2.32. The maximum atomic E-state index is 13.5. The van der Waals surface area contributed by atoms with Crippen molar-refractivity contribution in [1.82, 2.24) is 19.4 Å². The number of fused-ring (bicyclic) bond motifs is 1. The second-order valence-corrected chi connectivity index (χ2v) is 13.4. The lowest BCUT2D eigenvalue weighted by atomic mass is 10.0. The van der Waals surface area contributed by atoms with Crippen molar-refractivity contribution in [2.24, 2.45) is 5.92 Å². The molecular weight excluding hydrogens is 613 g/mol. The molecule has 2 heterocycles. The molecule has 1 N–H and O–H groups in total. The Morgan fingerprint density at radius 3 is 2.52 bits per heavy atom. The number of halogens is 2. The predicted octanol–water partition coefficient (Wildman–Crippen LogP) is 5.56. The van der Waals surface area contributed by atoms with E-state index in [1.165, 1.54) is 35.2 Å². The fraction of sp³-hybridized carbons (Fsp3) is 0.333. The van der Waals surface area contributed by atoms with Gasteiger partial charge < -0.3 is 14.4 Å². The van der Waals surface area contributed by atoms with Crippen LogP contribution in [0.1, 0.15) is 27.7 Å². The third-order valence-corrected chi connectivity index (χ3v) is 8.28. The first-order valence-electron chi connectivity index (χ1n) is 13.5. The molecule has 11 nitrogen and oxygen atoms in total. The van der Waals surface area contributed by atoms with Gasteiger partial charge in [0, 0.05) is 31.9 Å². The molecule has 44 heavy (non-hydrogen) atoms. The first-order valence-corrected chi connectivity index (χ1v) is 15.4. The molecule has 1 atom stereocenters. The summed E-state index contributed by atoms with van der Waals surface area (Å²) in [6.45, 7) is 7.96. The van der Waals surface area contributed by atoms with Crippen molar-refractivity contribution >= 4 is 44.3 Å². The van der Waals surface area contributed by atoms with Gasteiger partial charge in [-0.15, -0.1) is 0 Å². The number of rotatable bonds is 9. The van der Waals surface area contributed by atoms with Crippen LogP contribution in [0.4, 0.5) is 14.9 Å². The van der Waals surface area contributed by atoms with E-state index in [2.05, 4.69) is 14.7 Å². The molecule has 0 unspecified atom stereocenters. The van der Waals surface area contributed by atoms with E-state index in [1.807, 2.05) is 6.92 Å². The lowest BCUT2D eigenvalue weighted by Crippen LogP contribution is -2.38. The molecule has 0 spiro atoms. The Balaban J connectivity index is 1.61. The van der Waals surface area contributed by atoms with Crippen LogP contribution in [0.15, 0.2) is 64.7 Å². The largest absolute Gasteiger partial charge is 0.480 e. The van der Waals surface area contributed by atoms with E-state index in [1.54, 1.807) is 46.0 Å². The summed E-state index contributed by atoms with van der Waals surface area (Å²) in [6, 6.07) is 9.52. The van der Waals surface area contributed by atoms with Gasteiger partial charge in [-0.1, -0.05) is 24.6 Å². The van der Waals surface area contributed by atoms with E-state index >= 15 is 0 Å². The molecule has 4 aromatic rings. The van der Waals surface area contributed by atoms with Gasteiger partial charge in [-0.25, -0.2) is 27.6 Å². The summed E-state index contributed by atoms with van der Waals surface area (Å²) in [7, 11) is -1.26. The number of methoxy groups -OCH3 is 1. The molecule has 0 radical (unpaired) electrons. The van der Waals surface area contributed by atoms with Crippen LogP contribution in [-0.4, -0.2) is 60.2 Å². The van der Waals surface area contributed by atoms with Gasteiger partial charge in [-0.3, -0.25) is 14.1 Å². The number of hydrogen-bond acceptors (Lipinski definition) is 8. The fourth-order valence-corrected chi connectivity index (χ4v) is 6.06. The third kappa shape index (κ3) is 7.64. The zero-order chi connectivity index (χ0) is 32.4. The summed E-state index contributed by atoms with van der Waals surface area (Å²) in [4.78, 5) is 35.6. The molecule has 234 valence electrons. The molecule has 14 heteroatoms. The Kier molecular flexibility index (Phi) is 9.50. The van der Waals surface area contributed by atoms with E-state index in [0.717, 1.165) is 18.2 Å². The monoisotopic (exact) mass is 645 g/mol. The Morgan fingerprint density at radius 2 is 1.86 bits per heavy atom. The van der Waals surface area contributed by atoms with Gasteiger partial charge in [0.15, 0.2) is 0 Å². The van der Waals surface area contributed by atoms with Gasteiger partial charge in [0.05, 0.1) is 29.4 Å². The number of hydrogen-bond donors (Lipinski definition) is 1. The normalized spacial score (nSPS) is 12.5. The second-order valence-electron chi connectivity index (χ2n) is 11.4. The van der Waals surface area contributed by atoms with Crippen molar-refractivity contribution in [2.75, 3.05) is 25.4 Å². The summed E-state index contributed by atoms with van der Waals surface area (Å²) < 4.78 is 54.2. The first-order chi connectivity index (χ1) is 20.6. The zero-order valence-electron chi connectivity index (χ0n) is 25.1. The maximum Gasteiger partial charge on any atom is 0.410 e. The van der Waals surface area contributed by atoms with Crippen molar-refractivity contribution in [1.29, 1.82) is 0 Å². The highest BCUT2D eigenvalue weighted by atomic mass is 35.5. The molecule has 0 bridgehead atoms. The fourth-order valence-electron chi connectivity index (χ4n) is 4.48. The van der Waals surface area contributed by atoms with Crippen LogP contribution in [0.5, 0.6) is 5.88 Å². The Morgan fingerprint density at radius 1 is 1.14 bits per heavy atom. The van der Waals surface area contributed by atoms with Gasteiger partial charge in [-0.05, 0) is 68.7 Å². The average Bonchev–Trinajstić information content (AvgIpc) is 2.93. The number of carbonyl (C=O) groups is 1. The molecule has 1 amide bonds. The van der Waals surface area contributed by atoms with Crippen LogP contribution < -0.4 is 15.0 Å². The first kappa shape index (κ1) is 32.7. The molecular formula is C30H33ClFN5O6S. The molecule has 2 aromatic carbocycles. The van der Waals surface area contributed by atoms with Gasteiger partial charge >= 0.3 is 6.09 Å². The number of amides is 1. The number of nitrogens with zero attached hydrogens (tertiary/aromatic N) is 4. The minimum Gasteiger partial charge on any atom is -0.480 e. The summed E-state index contributed by atoms with van der Waals surface area (Å²) in [5, 5.41) is 0.0541. The Bertz CT molecular complexity index is 1880. The Hall–Kier alpha value is -4.23. The molecule has 0 aliphatic carbocycles. The van der Waals surface area contributed by atoms with Crippen LogP contribution in [-0.2, 0) is 21.3 Å². The Labute approximate surface area is 259 Å². The van der Waals surface area contributed by atoms with E-state index in [4.69, 9.17) is 21.1 Å². The van der Waals surface area contributed by atoms with E-state index in [-0.39, 0.29) is 33.0 Å². The molecule has 0 saturated carbocycles. The zero-order valence-corrected chi connectivity index (χ0v) is 26.7. The number of nitrogens with one attached hydrogen (secondary N) is 1. The van der Waals surface area contributed by atoms with Crippen molar-refractivity contribution in [3.8, 4) is 17.0 Å². The molecule has 0 saturated heterocycles. The van der Waals surface area contributed by atoms with E-state index < -0.39 is 27.5 Å². The second kappa shape index (κ2) is 12.8. The van der Waals surface area contributed by atoms with Gasteiger partial charge in [0.25, 0.3) is 15.6 Å². The van der Waals surface area contributed by atoms with Crippen LogP contribution in [0, 0.1) is 11.7 Å². The van der Waals surface area contributed by atoms with Crippen LogP contribution in [0.3, 0.4) is 0 Å². The molecule has 0 aliphatic heterocycles. The van der Waals surface area contributed by atoms with Crippen molar-refractivity contribution in [2.45, 2.75) is 44.7 Å². The number of aromatic nitrogens is 3. The molecule has 2 aromatic heterocycles. The summed E-state index contributed by atoms with van der Waals surface area (Å²) >= 11 is 5.99. The maximum absolute atomic E-state index is 13.5. The van der Waals surface area contributed by atoms with Crippen LogP contribution in [0.2, 0.25) is 5.02 Å². The highest BCUT2D eigenvalue weighted by Gasteiger charge is 2.23. The van der Waals surface area contributed by atoms with Gasteiger partial charge in [0.2, 0.25) is 5.88 Å². The van der Waals surface area contributed by atoms with E-state index in [9.17, 15) is 22.4 Å². The summed E-state index contributed by atoms with van der Waals surface area (Å²) in [5.41, 5.74) is 0.641. The SMILES string of the molecule is COc1ncc(-c2ccc3ncn(C[C@H](C)CN(C)C(=O)OC(C)(C)C)c(=O)c3c2)cc1NS(=O)(=O)c1ccc(F)cc1Cl. The van der Waals surface area contributed by atoms with Gasteiger partial charge in [-0.2, -0.15) is 0 Å². The number of anilines is 1. The topological polar surface area (TPSA) is 133 Å². The summed E-state index contributed by atoms with van der Waals surface area (Å²) in [6.07, 6.45) is 2.50. The average molecular weight is 646 g/mol. The highest BCUT2D eigenvalue weighted by molar-refractivity contribution is 7.92. The third-order valence-electron chi connectivity index (χ3n) is 6.43. The standard InChI is InChI=1S/C30H33ClFN5O6S/c1-18(15-36(5)29(39)43-30(2,3)4)16-37-17-34-24-9-7-19(11-22(24)28(37)38)20-12-25(27(42-6)33-14-20)35-44(40,41)26-10-8-21(32)13-23(26)31/h7-14,17-18,35H,15-16H2,1-6H3/t18-/m1/s1. The quantitative estimate of drug-likeness (QED) is 0.250. The number of sulfonamides is 1. The predicted molar refractivity (Wildman–Crippen MR) is 166 cm³/mol. The lowest BCUT2D eigenvalue weighted by molar-refractivity contribution is 0.0272. The molecule has 0 aliphatic rings. The minimum absolute atomic E-state index is 0.00860. The van der Waals surface area contributed by atoms with Crippen LogP contribution in [0.25, 0.3) is 22.0 Å². The number of pyridine rings is 1. The number of benzene rings is 2. The smallest absolute Gasteiger partial charge is 0.410 e.